The van der Waals surface area contributed by atoms with Crippen LogP contribution >= 0.6 is 0 Å². The molecule has 2 saturated heterocycles. The van der Waals surface area contributed by atoms with E-state index >= 15 is 0 Å². The standard InChI is InChI=1S/C18H25N3O2/c22-18(15-1-2-15)20-9-5-16-17(6-10-20)23-12-11-21(16)13-14-3-7-19-8-4-14/h3-4,7-8,15-17H,1-2,5-6,9-13H2. The molecule has 1 aromatic heterocycles. The summed E-state index contributed by atoms with van der Waals surface area (Å²) in [4.78, 5) is 21.1. The molecule has 1 saturated carbocycles. The first-order valence-corrected chi connectivity index (χ1v) is 8.84. The summed E-state index contributed by atoms with van der Waals surface area (Å²) >= 11 is 0. The van der Waals surface area contributed by atoms with E-state index in [1.54, 1.807) is 0 Å². The maximum Gasteiger partial charge on any atom is 0.225 e. The van der Waals surface area contributed by atoms with Crippen molar-refractivity contribution in [3.63, 3.8) is 0 Å². The minimum atomic E-state index is 0.266. The first kappa shape index (κ1) is 15.1. The van der Waals surface area contributed by atoms with Crippen LogP contribution in [0.2, 0.25) is 0 Å². The molecule has 1 aliphatic carbocycles. The van der Waals surface area contributed by atoms with E-state index in [0.717, 1.165) is 58.5 Å². The molecular weight excluding hydrogens is 290 g/mol. The largest absolute Gasteiger partial charge is 0.375 e. The summed E-state index contributed by atoms with van der Waals surface area (Å²) in [5.74, 6) is 0.702. The Balaban J connectivity index is 1.43. The van der Waals surface area contributed by atoms with Gasteiger partial charge < -0.3 is 9.64 Å². The number of rotatable bonds is 3. The molecule has 0 N–H and O–H groups in total. The normalized spacial score (nSPS) is 29.0. The molecule has 23 heavy (non-hydrogen) atoms. The summed E-state index contributed by atoms with van der Waals surface area (Å²) in [5.41, 5.74) is 1.30. The van der Waals surface area contributed by atoms with Crippen molar-refractivity contribution in [1.29, 1.82) is 0 Å². The zero-order chi connectivity index (χ0) is 15.6. The highest BCUT2D eigenvalue weighted by molar-refractivity contribution is 5.81. The van der Waals surface area contributed by atoms with Crippen LogP contribution in [0, 0.1) is 5.92 Å². The predicted molar refractivity (Wildman–Crippen MR) is 86.7 cm³/mol. The topological polar surface area (TPSA) is 45.7 Å². The third kappa shape index (κ3) is 3.40. The lowest BCUT2D eigenvalue weighted by Crippen LogP contribution is -2.50. The maximum absolute atomic E-state index is 12.4. The van der Waals surface area contributed by atoms with Crippen molar-refractivity contribution >= 4 is 5.91 Å². The van der Waals surface area contributed by atoms with Gasteiger partial charge in [-0.15, -0.1) is 0 Å². The van der Waals surface area contributed by atoms with Crippen molar-refractivity contribution in [2.45, 2.75) is 44.4 Å². The second-order valence-electron chi connectivity index (χ2n) is 6.98. The molecule has 124 valence electrons. The third-order valence-corrected chi connectivity index (χ3v) is 5.36. The molecule has 1 amide bonds. The lowest BCUT2D eigenvalue weighted by Gasteiger charge is -2.40. The number of hydrogen-bond donors (Lipinski definition) is 0. The Morgan fingerprint density at radius 2 is 1.91 bits per heavy atom. The molecule has 2 atom stereocenters. The summed E-state index contributed by atoms with van der Waals surface area (Å²) in [5, 5.41) is 0. The molecular formula is C18H25N3O2. The average molecular weight is 315 g/mol. The lowest BCUT2D eigenvalue weighted by atomic mass is 10.0. The molecule has 3 heterocycles. The quantitative estimate of drug-likeness (QED) is 0.851. The second-order valence-corrected chi connectivity index (χ2v) is 6.98. The number of likely N-dealkylation sites (tertiary alicyclic amines) is 1. The molecule has 3 fully saturated rings. The number of carbonyl (C=O) groups is 1. The molecule has 0 radical (unpaired) electrons. The van der Waals surface area contributed by atoms with Crippen LogP contribution in [0.1, 0.15) is 31.2 Å². The van der Waals surface area contributed by atoms with Crippen molar-refractivity contribution in [2.75, 3.05) is 26.2 Å². The number of hydrogen-bond acceptors (Lipinski definition) is 4. The van der Waals surface area contributed by atoms with E-state index in [1.807, 2.05) is 12.4 Å². The van der Waals surface area contributed by atoms with Gasteiger partial charge in [0.1, 0.15) is 0 Å². The summed E-state index contributed by atoms with van der Waals surface area (Å²) in [6.45, 7) is 4.46. The van der Waals surface area contributed by atoms with Crippen molar-refractivity contribution in [2.24, 2.45) is 5.92 Å². The maximum atomic E-state index is 12.4. The van der Waals surface area contributed by atoms with Gasteiger partial charge in [0.15, 0.2) is 0 Å². The van der Waals surface area contributed by atoms with E-state index in [2.05, 4.69) is 26.9 Å². The summed E-state index contributed by atoms with van der Waals surface area (Å²) in [7, 11) is 0. The fourth-order valence-electron chi connectivity index (χ4n) is 3.89. The molecule has 5 nitrogen and oxygen atoms in total. The van der Waals surface area contributed by atoms with Gasteiger partial charge in [-0.25, -0.2) is 0 Å². The third-order valence-electron chi connectivity index (χ3n) is 5.36. The van der Waals surface area contributed by atoms with Gasteiger partial charge >= 0.3 is 0 Å². The Morgan fingerprint density at radius 3 is 2.70 bits per heavy atom. The van der Waals surface area contributed by atoms with Crippen LogP contribution in [0.25, 0.3) is 0 Å². The van der Waals surface area contributed by atoms with Crippen LogP contribution in [0.5, 0.6) is 0 Å². The second kappa shape index (κ2) is 6.57. The Hall–Kier alpha value is -1.46. The van der Waals surface area contributed by atoms with Gasteiger partial charge in [-0.05, 0) is 43.4 Å². The van der Waals surface area contributed by atoms with Gasteiger partial charge in [0, 0.05) is 50.5 Å². The molecule has 0 bridgehead atoms. The Bertz CT molecular complexity index is 546. The lowest BCUT2D eigenvalue weighted by molar-refractivity contribution is -0.132. The average Bonchev–Trinajstić information content (AvgIpc) is 3.42. The van der Waals surface area contributed by atoms with Crippen molar-refractivity contribution in [1.82, 2.24) is 14.8 Å². The van der Waals surface area contributed by atoms with E-state index < -0.39 is 0 Å². The zero-order valence-electron chi connectivity index (χ0n) is 13.6. The van der Waals surface area contributed by atoms with E-state index in [1.165, 1.54) is 5.56 Å². The molecule has 5 heteroatoms. The highest BCUT2D eigenvalue weighted by Crippen LogP contribution is 2.33. The van der Waals surface area contributed by atoms with Crippen LogP contribution in [0.3, 0.4) is 0 Å². The number of morpholine rings is 1. The van der Waals surface area contributed by atoms with Crippen LogP contribution in [0.15, 0.2) is 24.5 Å². The minimum absolute atomic E-state index is 0.266. The van der Waals surface area contributed by atoms with Gasteiger partial charge in [-0.3, -0.25) is 14.7 Å². The number of aromatic nitrogens is 1. The van der Waals surface area contributed by atoms with Crippen LogP contribution in [-0.2, 0) is 16.1 Å². The number of ether oxygens (including phenoxy) is 1. The van der Waals surface area contributed by atoms with Gasteiger partial charge in [-0.1, -0.05) is 0 Å². The number of amides is 1. The van der Waals surface area contributed by atoms with Crippen molar-refractivity contribution < 1.29 is 9.53 Å². The smallest absolute Gasteiger partial charge is 0.225 e. The number of nitrogens with zero attached hydrogens (tertiary/aromatic N) is 3. The summed E-state index contributed by atoms with van der Waals surface area (Å²) in [6.07, 6.45) is 8.15. The molecule has 2 aliphatic heterocycles. The number of carbonyl (C=O) groups excluding carboxylic acids is 1. The van der Waals surface area contributed by atoms with Crippen molar-refractivity contribution in [3.8, 4) is 0 Å². The van der Waals surface area contributed by atoms with Gasteiger partial charge in [0.05, 0.1) is 12.7 Å². The Kier molecular flexibility index (Phi) is 4.31. The van der Waals surface area contributed by atoms with Gasteiger partial charge in [-0.2, -0.15) is 0 Å². The Morgan fingerprint density at radius 1 is 1.13 bits per heavy atom. The van der Waals surface area contributed by atoms with Crippen LogP contribution in [-0.4, -0.2) is 59.1 Å². The molecule has 2 unspecified atom stereocenters. The molecule has 0 spiro atoms. The Labute approximate surface area is 137 Å². The first-order valence-electron chi connectivity index (χ1n) is 8.84. The first-order chi connectivity index (χ1) is 11.3. The predicted octanol–water partition coefficient (Wildman–Crippen LogP) is 1.68. The minimum Gasteiger partial charge on any atom is -0.375 e. The van der Waals surface area contributed by atoms with E-state index in [0.29, 0.717) is 17.9 Å². The van der Waals surface area contributed by atoms with Crippen LogP contribution < -0.4 is 0 Å². The number of pyridine rings is 1. The van der Waals surface area contributed by atoms with Crippen molar-refractivity contribution in [3.05, 3.63) is 30.1 Å². The summed E-state index contributed by atoms with van der Waals surface area (Å²) in [6, 6.07) is 4.60. The fourth-order valence-corrected chi connectivity index (χ4v) is 3.89. The summed E-state index contributed by atoms with van der Waals surface area (Å²) < 4.78 is 6.04. The van der Waals surface area contributed by atoms with E-state index in [-0.39, 0.29) is 6.10 Å². The van der Waals surface area contributed by atoms with Gasteiger partial charge in [0.25, 0.3) is 0 Å². The van der Waals surface area contributed by atoms with E-state index in [4.69, 9.17) is 4.74 Å². The fraction of sp³-hybridized carbons (Fsp3) is 0.667. The van der Waals surface area contributed by atoms with Crippen LogP contribution in [0.4, 0.5) is 0 Å². The zero-order valence-corrected chi connectivity index (χ0v) is 13.6. The highest BCUT2D eigenvalue weighted by Gasteiger charge is 2.38. The van der Waals surface area contributed by atoms with Gasteiger partial charge in [0.2, 0.25) is 5.91 Å². The molecule has 1 aromatic rings. The molecule has 4 rings (SSSR count). The SMILES string of the molecule is O=C(C1CC1)N1CCC2OCCN(Cc3ccncc3)C2CC1. The monoisotopic (exact) mass is 315 g/mol. The molecule has 3 aliphatic rings. The number of fused-ring (bicyclic) bond motifs is 1. The molecule has 0 aromatic carbocycles. The van der Waals surface area contributed by atoms with E-state index in [9.17, 15) is 4.79 Å². The highest BCUT2D eigenvalue weighted by atomic mass is 16.5.